The van der Waals surface area contributed by atoms with Gasteiger partial charge < -0.3 is 4.57 Å². The fourth-order valence-electron chi connectivity index (χ4n) is 1.99. The Bertz CT molecular complexity index is 556. The molecule has 3 heteroatoms. The first kappa shape index (κ1) is 12.4. The van der Waals surface area contributed by atoms with Gasteiger partial charge in [-0.25, -0.2) is 4.98 Å². The molecule has 2 nitrogen and oxygen atoms in total. The van der Waals surface area contributed by atoms with Crippen LogP contribution >= 0.6 is 15.9 Å². The molecule has 0 aliphatic heterocycles. The first-order valence-corrected chi connectivity index (χ1v) is 6.52. The standard InChI is InChI=1S/C14H17BrN2/c1-9-5-6-12(10(2)7-9)8-13-14(15)17(4)11(3)16-13/h5-7H,8H2,1-4H3. The fourth-order valence-corrected chi connectivity index (χ4v) is 2.47. The predicted molar refractivity (Wildman–Crippen MR) is 74.4 cm³/mol. The average molecular weight is 293 g/mol. The summed E-state index contributed by atoms with van der Waals surface area (Å²) in [7, 11) is 2.03. The van der Waals surface area contributed by atoms with Gasteiger partial charge in [0.1, 0.15) is 10.4 Å². The zero-order valence-corrected chi connectivity index (χ0v) is 12.3. The van der Waals surface area contributed by atoms with E-state index in [0.717, 1.165) is 22.5 Å². The van der Waals surface area contributed by atoms with Gasteiger partial charge in [0.25, 0.3) is 0 Å². The number of rotatable bonds is 2. The third-order valence-corrected chi connectivity index (χ3v) is 4.16. The highest BCUT2D eigenvalue weighted by Crippen LogP contribution is 2.22. The van der Waals surface area contributed by atoms with E-state index in [-0.39, 0.29) is 0 Å². The van der Waals surface area contributed by atoms with E-state index in [1.165, 1.54) is 16.7 Å². The highest BCUT2D eigenvalue weighted by molar-refractivity contribution is 9.10. The molecule has 0 atom stereocenters. The van der Waals surface area contributed by atoms with Crippen molar-refractivity contribution >= 4 is 15.9 Å². The Hall–Kier alpha value is -1.09. The maximum absolute atomic E-state index is 4.58. The summed E-state index contributed by atoms with van der Waals surface area (Å²) in [5.74, 6) is 1.04. The number of aryl methyl sites for hydroxylation is 3. The van der Waals surface area contributed by atoms with Crippen LogP contribution in [0, 0.1) is 20.8 Å². The maximum atomic E-state index is 4.58. The Morgan fingerprint density at radius 1 is 1.24 bits per heavy atom. The molecule has 2 aromatic rings. The molecule has 0 bridgehead atoms. The lowest BCUT2D eigenvalue weighted by Crippen LogP contribution is -1.94. The van der Waals surface area contributed by atoms with Crippen molar-refractivity contribution in [2.24, 2.45) is 7.05 Å². The summed E-state index contributed by atoms with van der Waals surface area (Å²) < 4.78 is 3.15. The quantitative estimate of drug-likeness (QED) is 0.825. The molecule has 0 radical (unpaired) electrons. The second-order valence-corrected chi connectivity index (χ2v) is 5.31. The molecule has 1 heterocycles. The summed E-state index contributed by atoms with van der Waals surface area (Å²) in [6.07, 6.45) is 0.883. The van der Waals surface area contributed by atoms with Gasteiger partial charge in [-0.2, -0.15) is 0 Å². The lowest BCUT2D eigenvalue weighted by Gasteiger charge is -2.05. The van der Waals surface area contributed by atoms with Gasteiger partial charge in [0.15, 0.2) is 0 Å². The van der Waals surface area contributed by atoms with E-state index in [0.29, 0.717) is 0 Å². The van der Waals surface area contributed by atoms with Gasteiger partial charge in [0.05, 0.1) is 5.69 Å². The molecule has 0 aliphatic carbocycles. The smallest absolute Gasteiger partial charge is 0.108 e. The number of aromatic nitrogens is 2. The van der Waals surface area contributed by atoms with E-state index in [1.807, 2.05) is 14.0 Å². The molecule has 0 amide bonds. The van der Waals surface area contributed by atoms with Gasteiger partial charge in [-0.15, -0.1) is 0 Å². The van der Waals surface area contributed by atoms with Crippen molar-refractivity contribution in [3.63, 3.8) is 0 Å². The first-order valence-electron chi connectivity index (χ1n) is 5.73. The Balaban J connectivity index is 2.34. The van der Waals surface area contributed by atoms with E-state index in [9.17, 15) is 0 Å². The molecule has 0 unspecified atom stereocenters. The zero-order chi connectivity index (χ0) is 12.6. The van der Waals surface area contributed by atoms with Crippen LogP contribution in [0.4, 0.5) is 0 Å². The van der Waals surface area contributed by atoms with Crippen molar-refractivity contribution in [1.29, 1.82) is 0 Å². The van der Waals surface area contributed by atoms with Crippen molar-refractivity contribution in [3.05, 3.63) is 51.0 Å². The Morgan fingerprint density at radius 3 is 2.47 bits per heavy atom. The minimum atomic E-state index is 0.883. The second-order valence-electron chi connectivity index (χ2n) is 4.56. The van der Waals surface area contributed by atoms with Crippen LogP contribution < -0.4 is 0 Å². The molecule has 0 aliphatic rings. The summed E-state index contributed by atoms with van der Waals surface area (Å²) in [6, 6.07) is 6.58. The maximum Gasteiger partial charge on any atom is 0.108 e. The number of halogens is 1. The normalized spacial score (nSPS) is 10.9. The molecule has 0 saturated carbocycles. The van der Waals surface area contributed by atoms with E-state index in [2.05, 4.69) is 57.5 Å². The number of nitrogens with zero attached hydrogens (tertiary/aromatic N) is 2. The topological polar surface area (TPSA) is 17.8 Å². The van der Waals surface area contributed by atoms with Gasteiger partial charge in [-0.3, -0.25) is 0 Å². The molecule has 1 aromatic carbocycles. The molecule has 0 N–H and O–H groups in total. The van der Waals surface area contributed by atoms with Crippen molar-refractivity contribution in [2.45, 2.75) is 27.2 Å². The van der Waals surface area contributed by atoms with Crippen molar-refractivity contribution in [2.75, 3.05) is 0 Å². The summed E-state index contributed by atoms with van der Waals surface area (Å²) in [5.41, 5.74) is 5.09. The largest absolute Gasteiger partial charge is 0.326 e. The van der Waals surface area contributed by atoms with Crippen molar-refractivity contribution in [3.8, 4) is 0 Å². The summed E-state index contributed by atoms with van der Waals surface area (Å²) >= 11 is 3.60. The van der Waals surface area contributed by atoms with E-state index < -0.39 is 0 Å². The molecule has 0 saturated heterocycles. The molecule has 1 aromatic heterocycles. The lowest BCUT2D eigenvalue weighted by atomic mass is 10.0. The summed E-state index contributed by atoms with van der Waals surface area (Å²) in [4.78, 5) is 4.58. The Kier molecular flexibility index (Phi) is 3.38. The van der Waals surface area contributed by atoms with Crippen LogP contribution in [0.5, 0.6) is 0 Å². The molecular formula is C14H17BrN2. The van der Waals surface area contributed by atoms with Crippen LogP contribution in [0.2, 0.25) is 0 Å². The summed E-state index contributed by atoms with van der Waals surface area (Å²) in [5, 5.41) is 0. The number of benzene rings is 1. The Morgan fingerprint density at radius 2 is 1.94 bits per heavy atom. The van der Waals surface area contributed by atoms with Crippen LogP contribution in [-0.4, -0.2) is 9.55 Å². The number of imidazole rings is 1. The van der Waals surface area contributed by atoms with E-state index in [1.54, 1.807) is 0 Å². The molecular weight excluding hydrogens is 276 g/mol. The Labute approximate surface area is 111 Å². The van der Waals surface area contributed by atoms with Gasteiger partial charge >= 0.3 is 0 Å². The molecule has 2 rings (SSSR count). The van der Waals surface area contributed by atoms with Crippen LogP contribution in [0.3, 0.4) is 0 Å². The number of hydrogen-bond donors (Lipinski definition) is 0. The monoisotopic (exact) mass is 292 g/mol. The third kappa shape index (κ3) is 2.44. The van der Waals surface area contributed by atoms with E-state index in [4.69, 9.17) is 0 Å². The fraction of sp³-hybridized carbons (Fsp3) is 0.357. The predicted octanol–water partition coefficient (Wildman–Crippen LogP) is 3.70. The van der Waals surface area contributed by atoms with Crippen LogP contribution in [-0.2, 0) is 13.5 Å². The number of hydrogen-bond acceptors (Lipinski definition) is 1. The highest BCUT2D eigenvalue weighted by Gasteiger charge is 2.11. The minimum absolute atomic E-state index is 0.883. The first-order chi connectivity index (χ1) is 7.99. The van der Waals surface area contributed by atoms with Gasteiger partial charge in [-0.05, 0) is 47.8 Å². The average Bonchev–Trinajstić information content (AvgIpc) is 2.50. The van der Waals surface area contributed by atoms with Gasteiger partial charge in [-0.1, -0.05) is 23.8 Å². The second kappa shape index (κ2) is 4.65. The van der Waals surface area contributed by atoms with E-state index >= 15 is 0 Å². The minimum Gasteiger partial charge on any atom is -0.326 e. The molecule has 0 fully saturated rings. The molecule has 90 valence electrons. The summed E-state index contributed by atoms with van der Waals surface area (Å²) in [6.45, 7) is 6.31. The molecule has 17 heavy (non-hydrogen) atoms. The van der Waals surface area contributed by atoms with Crippen LogP contribution in [0.15, 0.2) is 22.8 Å². The highest BCUT2D eigenvalue weighted by atomic mass is 79.9. The van der Waals surface area contributed by atoms with Crippen LogP contribution in [0.25, 0.3) is 0 Å². The van der Waals surface area contributed by atoms with Gasteiger partial charge in [0, 0.05) is 13.5 Å². The van der Waals surface area contributed by atoms with Crippen LogP contribution in [0.1, 0.15) is 28.2 Å². The molecule has 0 spiro atoms. The van der Waals surface area contributed by atoms with Crippen molar-refractivity contribution < 1.29 is 0 Å². The van der Waals surface area contributed by atoms with Crippen molar-refractivity contribution in [1.82, 2.24) is 9.55 Å². The lowest BCUT2D eigenvalue weighted by molar-refractivity contribution is 0.839. The van der Waals surface area contributed by atoms with Gasteiger partial charge in [0.2, 0.25) is 0 Å². The SMILES string of the molecule is Cc1ccc(Cc2nc(C)n(C)c2Br)c(C)c1. The zero-order valence-electron chi connectivity index (χ0n) is 10.7. The third-order valence-electron chi connectivity index (χ3n) is 3.17.